The zero-order chi connectivity index (χ0) is 8.15. The fourth-order valence-corrected chi connectivity index (χ4v) is 1.29. The first kappa shape index (κ1) is 10.3. The minimum absolute atomic E-state index is 0.217. The van der Waals surface area contributed by atoms with E-state index in [1.807, 2.05) is 6.92 Å². The Hall–Kier alpha value is 0.270. The standard InChI is InChI=1S/C7H16O2S/c1-5(8)4-10-7(3)6(2)9/h5-9H,4H2,1-3H3/t5-,6?,7?/m1/s1. The first-order valence-corrected chi connectivity index (χ1v) is 4.56. The summed E-state index contributed by atoms with van der Waals surface area (Å²) in [5.41, 5.74) is 0. The molecule has 0 rings (SSSR count). The normalized spacial score (nSPS) is 20.1. The smallest absolute Gasteiger partial charge is 0.0628 e. The second kappa shape index (κ2) is 4.99. The summed E-state index contributed by atoms with van der Waals surface area (Å²) in [4.78, 5) is 0. The van der Waals surface area contributed by atoms with Gasteiger partial charge in [0.2, 0.25) is 0 Å². The van der Waals surface area contributed by atoms with Gasteiger partial charge in [-0.25, -0.2) is 0 Å². The third-order valence-electron chi connectivity index (χ3n) is 1.28. The molecule has 0 radical (unpaired) electrons. The van der Waals surface area contributed by atoms with Gasteiger partial charge in [-0.15, -0.1) is 0 Å². The van der Waals surface area contributed by atoms with Crippen LogP contribution in [0.3, 0.4) is 0 Å². The van der Waals surface area contributed by atoms with Gasteiger partial charge >= 0.3 is 0 Å². The number of rotatable bonds is 4. The molecule has 0 aromatic carbocycles. The van der Waals surface area contributed by atoms with Gasteiger partial charge in [-0.2, -0.15) is 11.8 Å². The lowest BCUT2D eigenvalue weighted by atomic mass is 10.3. The highest BCUT2D eigenvalue weighted by Gasteiger charge is 2.09. The van der Waals surface area contributed by atoms with Crippen LogP contribution in [0.5, 0.6) is 0 Å². The average Bonchev–Trinajstić information content (AvgIpc) is 1.82. The molecule has 2 nitrogen and oxygen atoms in total. The van der Waals surface area contributed by atoms with Crippen LogP contribution in [0.25, 0.3) is 0 Å². The molecule has 0 fully saturated rings. The Morgan fingerprint density at radius 1 is 1.20 bits per heavy atom. The molecule has 0 amide bonds. The van der Waals surface area contributed by atoms with Crippen LogP contribution in [-0.4, -0.2) is 33.4 Å². The predicted octanol–water partition coefficient (Wildman–Crippen LogP) is 0.870. The molecule has 0 aliphatic heterocycles. The van der Waals surface area contributed by atoms with Crippen molar-refractivity contribution >= 4 is 11.8 Å². The molecule has 0 aliphatic carbocycles. The maximum absolute atomic E-state index is 9.03. The maximum atomic E-state index is 9.03. The van der Waals surface area contributed by atoms with E-state index in [2.05, 4.69) is 0 Å². The van der Waals surface area contributed by atoms with Crippen molar-refractivity contribution in [2.75, 3.05) is 5.75 Å². The van der Waals surface area contributed by atoms with E-state index in [1.54, 1.807) is 25.6 Å². The van der Waals surface area contributed by atoms with E-state index in [0.717, 1.165) is 0 Å². The first-order valence-electron chi connectivity index (χ1n) is 3.51. The van der Waals surface area contributed by atoms with E-state index in [4.69, 9.17) is 10.2 Å². The molecule has 3 atom stereocenters. The Morgan fingerprint density at radius 2 is 1.70 bits per heavy atom. The third kappa shape index (κ3) is 5.09. The molecule has 2 unspecified atom stereocenters. The predicted molar refractivity (Wildman–Crippen MR) is 45.3 cm³/mol. The highest BCUT2D eigenvalue weighted by atomic mass is 32.2. The molecule has 0 bridgehead atoms. The average molecular weight is 164 g/mol. The van der Waals surface area contributed by atoms with E-state index in [1.165, 1.54) is 0 Å². The summed E-state index contributed by atoms with van der Waals surface area (Å²) < 4.78 is 0. The van der Waals surface area contributed by atoms with Crippen molar-refractivity contribution in [3.05, 3.63) is 0 Å². The number of aliphatic hydroxyl groups excluding tert-OH is 2. The number of hydrogen-bond acceptors (Lipinski definition) is 3. The fourth-order valence-electron chi connectivity index (χ4n) is 0.430. The van der Waals surface area contributed by atoms with Gasteiger partial charge in [0.05, 0.1) is 12.2 Å². The quantitative estimate of drug-likeness (QED) is 0.647. The fraction of sp³-hybridized carbons (Fsp3) is 1.00. The molecular weight excluding hydrogens is 148 g/mol. The van der Waals surface area contributed by atoms with Crippen LogP contribution in [0.4, 0.5) is 0 Å². The van der Waals surface area contributed by atoms with Crippen LogP contribution in [0, 0.1) is 0 Å². The lowest BCUT2D eigenvalue weighted by Crippen LogP contribution is -2.18. The van der Waals surface area contributed by atoms with Gasteiger partial charge in [0, 0.05) is 11.0 Å². The molecule has 2 N–H and O–H groups in total. The molecule has 0 aromatic heterocycles. The lowest BCUT2D eigenvalue weighted by molar-refractivity contribution is 0.195. The number of thioether (sulfide) groups is 1. The minimum Gasteiger partial charge on any atom is -0.393 e. The molecule has 0 aromatic rings. The summed E-state index contributed by atoms with van der Waals surface area (Å²) in [7, 11) is 0. The maximum Gasteiger partial charge on any atom is 0.0628 e. The topological polar surface area (TPSA) is 40.5 Å². The van der Waals surface area contributed by atoms with Crippen LogP contribution in [0.15, 0.2) is 0 Å². The van der Waals surface area contributed by atoms with Crippen LogP contribution < -0.4 is 0 Å². The van der Waals surface area contributed by atoms with E-state index in [-0.39, 0.29) is 17.5 Å². The first-order chi connectivity index (χ1) is 4.54. The number of hydrogen-bond donors (Lipinski definition) is 2. The van der Waals surface area contributed by atoms with Gasteiger partial charge < -0.3 is 10.2 Å². The zero-order valence-corrected chi connectivity index (χ0v) is 7.56. The van der Waals surface area contributed by atoms with Crippen LogP contribution in [0.1, 0.15) is 20.8 Å². The Balaban J connectivity index is 3.30. The van der Waals surface area contributed by atoms with Gasteiger partial charge in [0.15, 0.2) is 0 Å². The van der Waals surface area contributed by atoms with Crippen LogP contribution in [0.2, 0.25) is 0 Å². The Morgan fingerprint density at radius 3 is 2.00 bits per heavy atom. The van der Waals surface area contributed by atoms with E-state index >= 15 is 0 Å². The summed E-state index contributed by atoms with van der Waals surface area (Å²) in [5.74, 6) is 0.700. The van der Waals surface area contributed by atoms with E-state index in [9.17, 15) is 0 Å². The largest absolute Gasteiger partial charge is 0.393 e. The van der Waals surface area contributed by atoms with Crippen molar-refractivity contribution in [2.45, 2.75) is 38.2 Å². The molecule has 0 saturated carbocycles. The van der Waals surface area contributed by atoms with Gasteiger partial charge in [-0.1, -0.05) is 6.92 Å². The summed E-state index contributed by atoms with van der Waals surface area (Å²) in [6.45, 7) is 5.47. The summed E-state index contributed by atoms with van der Waals surface area (Å²) in [6, 6.07) is 0. The highest BCUT2D eigenvalue weighted by Crippen LogP contribution is 2.14. The van der Waals surface area contributed by atoms with Crippen molar-refractivity contribution in [1.82, 2.24) is 0 Å². The SMILES string of the molecule is CC(O)C(C)SC[C@@H](C)O. The van der Waals surface area contributed by atoms with Crippen molar-refractivity contribution in [3.63, 3.8) is 0 Å². The van der Waals surface area contributed by atoms with Gasteiger partial charge in [-0.3, -0.25) is 0 Å². The molecule has 0 heterocycles. The van der Waals surface area contributed by atoms with Gasteiger partial charge in [-0.05, 0) is 13.8 Å². The molecule has 0 saturated heterocycles. The van der Waals surface area contributed by atoms with Crippen molar-refractivity contribution < 1.29 is 10.2 Å². The van der Waals surface area contributed by atoms with E-state index < -0.39 is 0 Å². The van der Waals surface area contributed by atoms with Crippen molar-refractivity contribution in [1.29, 1.82) is 0 Å². The lowest BCUT2D eigenvalue weighted by Gasteiger charge is -2.14. The third-order valence-corrected chi connectivity index (χ3v) is 2.87. The van der Waals surface area contributed by atoms with Gasteiger partial charge in [0.25, 0.3) is 0 Å². The van der Waals surface area contributed by atoms with Crippen molar-refractivity contribution in [2.24, 2.45) is 0 Å². The summed E-state index contributed by atoms with van der Waals surface area (Å²) in [5, 5.41) is 18.1. The Bertz CT molecular complexity index is 83.7. The second-order valence-electron chi connectivity index (χ2n) is 2.63. The molecular formula is C7H16O2S. The molecule has 0 spiro atoms. The van der Waals surface area contributed by atoms with E-state index in [0.29, 0.717) is 5.75 Å². The molecule has 0 aliphatic rings. The number of aliphatic hydroxyl groups is 2. The Labute approximate surface area is 66.6 Å². The molecule has 3 heteroatoms. The summed E-state index contributed by atoms with van der Waals surface area (Å²) in [6.07, 6.45) is -0.560. The van der Waals surface area contributed by atoms with Gasteiger partial charge in [0.1, 0.15) is 0 Å². The Kier molecular flexibility index (Phi) is 5.13. The van der Waals surface area contributed by atoms with Crippen LogP contribution in [-0.2, 0) is 0 Å². The highest BCUT2D eigenvalue weighted by molar-refractivity contribution is 7.99. The molecule has 62 valence electrons. The monoisotopic (exact) mass is 164 g/mol. The summed E-state index contributed by atoms with van der Waals surface area (Å²) >= 11 is 1.59. The second-order valence-corrected chi connectivity index (χ2v) is 4.04. The van der Waals surface area contributed by atoms with Crippen LogP contribution >= 0.6 is 11.8 Å². The molecule has 10 heavy (non-hydrogen) atoms. The minimum atomic E-state index is -0.288. The zero-order valence-electron chi connectivity index (χ0n) is 6.74. The van der Waals surface area contributed by atoms with Crippen molar-refractivity contribution in [3.8, 4) is 0 Å².